The highest BCUT2D eigenvalue weighted by Crippen LogP contribution is 2.23. The second-order valence-electron chi connectivity index (χ2n) is 7.71. The van der Waals surface area contributed by atoms with Crippen molar-refractivity contribution < 1.29 is 33.3 Å². The summed E-state index contributed by atoms with van der Waals surface area (Å²) < 4.78 is 26.7. The summed E-state index contributed by atoms with van der Waals surface area (Å²) in [5.41, 5.74) is 3.40. The Bertz CT molecular complexity index is 1130. The predicted molar refractivity (Wildman–Crippen MR) is 141 cm³/mol. The Kier molecular flexibility index (Phi) is 11.2. The van der Waals surface area contributed by atoms with Gasteiger partial charge < -0.3 is 29.0 Å². The minimum Gasteiger partial charge on any atom is -0.491 e. The molecule has 0 aliphatic heterocycles. The minimum atomic E-state index is -0.465. The van der Waals surface area contributed by atoms with E-state index in [0.717, 1.165) is 28.6 Å². The number of anilines is 1. The maximum absolute atomic E-state index is 12.4. The predicted octanol–water partition coefficient (Wildman–Crippen LogP) is 4.76. The van der Waals surface area contributed by atoms with Crippen LogP contribution < -0.4 is 14.8 Å². The lowest BCUT2D eigenvalue weighted by molar-refractivity contribution is -0.139. The van der Waals surface area contributed by atoms with Crippen LogP contribution in [0.1, 0.15) is 10.4 Å². The maximum Gasteiger partial charge on any atom is 0.343 e. The van der Waals surface area contributed by atoms with Gasteiger partial charge in [-0.2, -0.15) is 0 Å². The summed E-state index contributed by atoms with van der Waals surface area (Å²) in [5.74, 6) is 0.353. The molecule has 0 spiro atoms. The smallest absolute Gasteiger partial charge is 0.343 e. The van der Waals surface area contributed by atoms with Gasteiger partial charge >= 0.3 is 11.9 Å². The molecule has 0 aromatic heterocycles. The second kappa shape index (κ2) is 15.1. The van der Waals surface area contributed by atoms with Crippen molar-refractivity contribution in [2.45, 2.75) is 0 Å². The molecule has 0 saturated heterocycles. The average Bonchev–Trinajstić information content (AvgIpc) is 2.94. The molecule has 3 aromatic rings. The van der Waals surface area contributed by atoms with Gasteiger partial charge in [0.1, 0.15) is 24.7 Å². The van der Waals surface area contributed by atoms with Gasteiger partial charge in [0.25, 0.3) is 0 Å². The molecule has 3 aromatic carbocycles. The fourth-order valence-electron chi connectivity index (χ4n) is 3.20. The van der Waals surface area contributed by atoms with Gasteiger partial charge in [-0.15, -0.1) is 0 Å². The highest BCUT2D eigenvalue weighted by atomic mass is 16.6. The van der Waals surface area contributed by atoms with E-state index >= 15 is 0 Å². The zero-order valence-corrected chi connectivity index (χ0v) is 20.8. The Labute approximate surface area is 216 Å². The van der Waals surface area contributed by atoms with Crippen LogP contribution in [0.25, 0.3) is 11.1 Å². The third-order valence-electron chi connectivity index (χ3n) is 5.17. The van der Waals surface area contributed by atoms with Crippen LogP contribution in [0.5, 0.6) is 11.5 Å². The lowest BCUT2D eigenvalue weighted by Gasteiger charge is -2.09. The van der Waals surface area contributed by atoms with Crippen molar-refractivity contribution >= 4 is 17.6 Å². The van der Waals surface area contributed by atoms with E-state index in [2.05, 4.69) is 11.9 Å². The number of carbonyl (C=O) groups is 2. The van der Waals surface area contributed by atoms with Gasteiger partial charge in [0, 0.05) is 18.8 Å². The highest BCUT2D eigenvalue weighted by Gasteiger charge is 2.09. The molecule has 0 radical (unpaired) electrons. The Balaban J connectivity index is 1.35. The molecule has 0 atom stereocenters. The quantitative estimate of drug-likeness (QED) is 0.137. The van der Waals surface area contributed by atoms with Crippen molar-refractivity contribution in [3.05, 3.63) is 91.0 Å². The SMILES string of the molecule is C=CC(=O)OCCOCCOCCOc1ccc(-c2ccc(C(=O)Oc3ccc(NC)cc3)cc2)cc1. The molecule has 0 fully saturated rings. The summed E-state index contributed by atoms with van der Waals surface area (Å²) in [5, 5.41) is 3.02. The first-order valence-corrected chi connectivity index (χ1v) is 11.9. The number of hydrogen-bond donors (Lipinski definition) is 1. The molecule has 0 unspecified atom stereocenters. The summed E-state index contributed by atoms with van der Waals surface area (Å²) in [4.78, 5) is 23.3. The summed E-state index contributed by atoms with van der Waals surface area (Å²) >= 11 is 0. The van der Waals surface area contributed by atoms with Crippen LogP contribution in [-0.4, -0.2) is 58.6 Å². The van der Waals surface area contributed by atoms with Gasteiger partial charge in [-0.3, -0.25) is 0 Å². The van der Waals surface area contributed by atoms with Gasteiger partial charge in [-0.25, -0.2) is 9.59 Å². The Hall–Kier alpha value is -4.14. The molecule has 0 saturated carbocycles. The first kappa shape index (κ1) is 27.4. The largest absolute Gasteiger partial charge is 0.491 e. The standard InChI is InChI=1S/C29H31NO7/c1-3-28(31)36-21-19-34-17-16-33-18-20-35-26-12-8-23(9-13-26)22-4-6-24(7-5-22)29(32)37-27-14-10-25(30-2)11-15-27/h3-15,30H,1,16-21H2,2H3. The molecule has 0 heterocycles. The van der Waals surface area contributed by atoms with Crippen LogP contribution >= 0.6 is 0 Å². The molecule has 8 nitrogen and oxygen atoms in total. The van der Waals surface area contributed by atoms with Crippen molar-refractivity contribution in [1.82, 2.24) is 0 Å². The number of rotatable bonds is 15. The number of esters is 2. The van der Waals surface area contributed by atoms with Crippen molar-refractivity contribution in [1.29, 1.82) is 0 Å². The van der Waals surface area contributed by atoms with Crippen molar-refractivity contribution in [3.8, 4) is 22.6 Å². The summed E-state index contributed by atoms with van der Waals surface area (Å²) in [7, 11) is 1.83. The van der Waals surface area contributed by atoms with Crippen LogP contribution in [-0.2, 0) is 19.0 Å². The summed E-state index contributed by atoms with van der Waals surface area (Å²) in [6, 6.07) is 22.1. The van der Waals surface area contributed by atoms with Crippen LogP contribution in [0.15, 0.2) is 85.5 Å². The van der Waals surface area contributed by atoms with E-state index in [4.69, 9.17) is 23.7 Å². The van der Waals surface area contributed by atoms with E-state index in [1.165, 1.54) is 0 Å². The van der Waals surface area contributed by atoms with E-state index in [1.54, 1.807) is 24.3 Å². The molecule has 0 aliphatic carbocycles. The Morgan fingerprint density at radius 3 is 1.86 bits per heavy atom. The van der Waals surface area contributed by atoms with Gasteiger partial charge in [0.15, 0.2) is 0 Å². The third kappa shape index (κ3) is 9.44. The maximum atomic E-state index is 12.4. The van der Waals surface area contributed by atoms with Gasteiger partial charge in [-0.05, 0) is 59.7 Å². The molecule has 37 heavy (non-hydrogen) atoms. The van der Waals surface area contributed by atoms with Gasteiger partial charge in [-0.1, -0.05) is 30.8 Å². The average molecular weight is 506 g/mol. The van der Waals surface area contributed by atoms with Crippen LogP contribution in [0, 0.1) is 0 Å². The van der Waals surface area contributed by atoms with Crippen LogP contribution in [0.4, 0.5) is 5.69 Å². The highest BCUT2D eigenvalue weighted by molar-refractivity contribution is 5.91. The number of ether oxygens (including phenoxy) is 5. The molecule has 194 valence electrons. The molecule has 3 rings (SSSR count). The zero-order valence-electron chi connectivity index (χ0n) is 20.8. The van der Waals surface area contributed by atoms with Gasteiger partial charge in [0.2, 0.25) is 0 Å². The van der Waals surface area contributed by atoms with E-state index in [-0.39, 0.29) is 6.61 Å². The molecule has 0 amide bonds. The fraction of sp³-hybridized carbons (Fsp3) is 0.241. The molecule has 0 bridgehead atoms. The van der Waals surface area contributed by atoms with Crippen molar-refractivity contribution in [2.24, 2.45) is 0 Å². The first-order valence-electron chi connectivity index (χ1n) is 11.9. The first-order chi connectivity index (χ1) is 18.1. The summed E-state index contributed by atoms with van der Waals surface area (Å²) in [6.07, 6.45) is 1.11. The lowest BCUT2D eigenvalue weighted by atomic mass is 10.0. The molecule has 8 heteroatoms. The van der Waals surface area contributed by atoms with Gasteiger partial charge in [0.05, 0.1) is 32.0 Å². The molecule has 0 aliphatic rings. The fourth-order valence-corrected chi connectivity index (χ4v) is 3.20. The van der Waals surface area contributed by atoms with E-state index in [9.17, 15) is 9.59 Å². The van der Waals surface area contributed by atoms with Crippen LogP contribution in [0.3, 0.4) is 0 Å². The third-order valence-corrected chi connectivity index (χ3v) is 5.17. The number of carbonyl (C=O) groups excluding carboxylic acids is 2. The van der Waals surface area contributed by atoms with Crippen molar-refractivity contribution in [2.75, 3.05) is 52.0 Å². The zero-order chi connectivity index (χ0) is 26.3. The minimum absolute atomic E-state index is 0.187. The summed E-state index contributed by atoms with van der Waals surface area (Å²) in [6.45, 7) is 5.47. The Morgan fingerprint density at radius 1 is 0.730 bits per heavy atom. The molecule has 1 N–H and O–H groups in total. The van der Waals surface area contributed by atoms with E-state index < -0.39 is 11.9 Å². The van der Waals surface area contributed by atoms with Crippen LogP contribution in [0.2, 0.25) is 0 Å². The topological polar surface area (TPSA) is 92.3 Å². The number of hydrogen-bond acceptors (Lipinski definition) is 8. The Morgan fingerprint density at radius 2 is 1.27 bits per heavy atom. The second-order valence-corrected chi connectivity index (χ2v) is 7.71. The van der Waals surface area contributed by atoms with Crippen molar-refractivity contribution in [3.63, 3.8) is 0 Å². The normalized spacial score (nSPS) is 10.4. The molecular weight excluding hydrogens is 474 g/mol. The lowest BCUT2D eigenvalue weighted by Crippen LogP contribution is -2.13. The monoisotopic (exact) mass is 505 g/mol. The molecular formula is C29H31NO7. The number of benzene rings is 3. The number of nitrogens with one attached hydrogen (secondary N) is 1. The van der Waals surface area contributed by atoms with E-state index in [1.807, 2.05) is 55.6 Å². The van der Waals surface area contributed by atoms with E-state index in [0.29, 0.717) is 44.3 Å².